The van der Waals surface area contributed by atoms with E-state index in [-0.39, 0.29) is 24.0 Å². The molecular weight excluding hydrogens is 234 g/mol. The molecule has 7 heteroatoms. The fourth-order valence-corrected chi connectivity index (χ4v) is 1.16. The zero-order chi connectivity index (χ0) is 12.0. The molecule has 0 aliphatic carbocycles. The summed E-state index contributed by atoms with van der Waals surface area (Å²) < 4.78 is 0. The number of hydrogen-bond acceptors (Lipinski definition) is 4. The van der Waals surface area contributed by atoms with Crippen molar-refractivity contribution in [1.82, 2.24) is 9.97 Å². The summed E-state index contributed by atoms with van der Waals surface area (Å²) >= 11 is 5.52. The van der Waals surface area contributed by atoms with Crippen LogP contribution < -0.4 is 5.32 Å². The first kappa shape index (κ1) is 12.4. The third-order valence-corrected chi connectivity index (χ3v) is 1.87. The summed E-state index contributed by atoms with van der Waals surface area (Å²) in [5, 5.41) is 10.9. The van der Waals surface area contributed by atoms with Gasteiger partial charge in [-0.15, -0.1) is 0 Å². The van der Waals surface area contributed by atoms with Gasteiger partial charge in [0.1, 0.15) is 5.82 Å². The number of rotatable bonds is 5. The molecule has 0 unspecified atom stereocenters. The summed E-state index contributed by atoms with van der Waals surface area (Å²) in [6, 6.07) is 1.50. The van der Waals surface area contributed by atoms with Gasteiger partial charge in [-0.2, -0.15) is 0 Å². The van der Waals surface area contributed by atoms with Crippen LogP contribution in [-0.2, 0) is 9.59 Å². The van der Waals surface area contributed by atoms with Crippen molar-refractivity contribution in [2.45, 2.75) is 19.3 Å². The Kier molecular flexibility index (Phi) is 4.65. The minimum Gasteiger partial charge on any atom is -0.481 e. The maximum Gasteiger partial charge on any atom is 0.303 e. The van der Waals surface area contributed by atoms with Gasteiger partial charge in [-0.3, -0.25) is 9.59 Å². The lowest BCUT2D eigenvalue weighted by Crippen LogP contribution is -2.13. The smallest absolute Gasteiger partial charge is 0.303 e. The number of anilines is 1. The van der Waals surface area contributed by atoms with E-state index >= 15 is 0 Å². The molecule has 0 atom stereocenters. The van der Waals surface area contributed by atoms with Crippen LogP contribution >= 0.6 is 11.6 Å². The Balaban J connectivity index is 2.37. The molecule has 1 amide bonds. The van der Waals surface area contributed by atoms with Crippen LogP contribution in [0.4, 0.5) is 5.82 Å². The second-order valence-corrected chi connectivity index (χ2v) is 3.34. The Morgan fingerprint density at radius 3 is 2.81 bits per heavy atom. The van der Waals surface area contributed by atoms with Gasteiger partial charge >= 0.3 is 5.97 Å². The molecule has 1 aromatic heterocycles. The molecule has 2 N–H and O–H groups in total. The van der Waals surface area contributed by atoms with Gasteiger partial charge < -0.3 is 10.4 Å². The van der Waals surface area contributed by atoms with Crippen molar-refractivity contribution < 1.29 is 14.7 Å². The molecule has 1 heterocycles. The highest BCUT2D eigenvalue weighted by Gasteiger charge is 2.05. The van der Waals surface area contributed by atoms with E-state index in [9.17, 15) is 9.59 Å². The predicted molar refractivity (Wildman–Crippen MR) is 57.2 cm³/mol. The summed E-state index contributed by atoms with van der Waals surface area (Å²) in [6.45, 7) is 0. The Hall–Kier alpha value is -1.69. The first-order valence-electron chi connectivity index (χ1n) is 4.58. The van der Waals surface area contributed by atoms with E-state index in [0.29, 0.717) is 12.2 Å². The topological polar surface area (TPSA) is 92.2 Å². The number of nitrogens with one attached hydrogen (secondary N) is 1. The average Bonchev–Trinajstić information content (AvgIpc) is 2.16. The Morgan fingerprint density at radius 2 is 2.19 bits per heavy atom. The average molecular weight is 244 g/mol. The number of amides is 1. The van der Waals surface area contributed by atoms with Crippen molar-refractivity contribution in [3.05, 3.63) is 17.5 Å². The molecule has 0 aliphatic rings. The number of carboxylic acids is 1. The highest BCUT2D eigenvalue weighted by Crippen LogP contribution is 2.07. The van der Waals surface area contributed by atoms with Crippen molar-refractivity contribution in [1.29, 1.82) is 0 Å². The highest BCUT2D eigenvalue weighted by atomic mass is 35.5. The third-order valence-electron chi connectivity index (χ3n) is 1.69. The molecule has 0 aliphatic heterocycles. The van der Waals surface area contributed by atoms with Gasteiger partial charge in [0.05, 0.1) is 0 Å². The quantitative estimate of drug-likeness (QED) is 0.761. The van der Waals surface area contributed by atoms with Crippen LogP contribution in [-0.4, -0.2) is 27.0 Å². The molecule has 0 radical (unpaired) electrons. The van der Waals surface area contributed by atoms with Crippen molar-refractivity contribution in [2.75, 3.05) is 5.32 Å². The standard InChI is InChI=1S/C9H10ClN3O3/c10-9-11-5-4-6(13-9)12-7(14)2-1-3-8(15)16/h4-5H,1-3H2,(H,15,16)(H,11,12,13,14). The van der Waals surface area contributed by atoms with Crippen molar-refractivity contribution in [3.63, 3.8) is 0 Å². The van der Waals surface area contributed by atoms with E-state index in [1.165, 1.54) is 12.3 Å². The number of aromatic nitrogens is 2. The van der Waals surface area contributed by atoms with Gasteiger partial charge in [-0.25, -0.2) is 9.97 Å². The van der Waals surface area contributed by atoms with Crippen molar-refractivity contribution >= 4 is 29.3 Å². The van der Waals surface area contributed by atoms with Gasteiger partial charge in [-0.05, 0) is 24.1 Å². The van der Waals surface area contributed by atoms with E-state index in [1.54, 1.807) is 0 Å². The molecule has 6 nitrogen and oxygen atoms in total. The fourth-order valence-electron chi connectivity index (χ4n) is 1.01. The largest absolute Gasteiger partial charge is 0.481 e. The minimum atomic E-state index is -0.919. The summed E-state index contributed by atoms with van der Waals surface area (Å²) in [5.41, 5.74) is 0. The lowest BCUT2D eigenvalue weighted by molar-refractivity contribution is -0.137. The maximum atomic E-state index is 11.3. The number of carboxylic acid groups (broad SMARTS) is 1. The molecule has 86 valence electrons. The lowest BCUT2D eigenvalue weighted by atomic mass is 10.2. The fraction of sp³-hybridized carbons (Fsp3) is 0.333. The molecule has 0 saturated carbocycles. The van der Waals surface area contributed by atoms with Crippen LogP contribution in [0, 0.1) is 0 Å². The Bertz CT molecular complexity index is 397. The van der Waals surface area contributed by atoms with E-state index < -0.39 is 5.97 Å². The molecule has 0 saturated heterocycles. The zero-order valence-corrected chi connectivity index (χ0v) is 9.07. The summed E-state index contributed by atoms with van der Waals surface area (Å²) in [4.78, 5) is 28.9. The molecule has 0 fully saturated rings. The molecule has 0 bridgehead atoms. The molecule has 1 aromatic rings. The number of halogens is 1. The number of aliphatic carboxylic acids is 1. The molecule has 0 spiro atoms. The minimum absolute atomic E-state index is 0.0298. The van der Waals surface area contributed by atoms with Gasteiger partial charge in [0.15, 0.2) is 0 Å². The Labute approximate surface area is 96.7 Å². The summed E-state index contributed by atoms with van der Waals surface area (Å²) in [5.74, 6) is -0.908. The normalized spacial score (nSPS) is 9.81. The molecule has 16 heavy (non-hydrogen) atoms. The van der Waals surface area contributed by atoms with Gasteiger partial charge in [0.25, 0.3) is 0 Å². The van der Waals surface area contributed by atoms with Gasteiger partial charge in [0.2, 0.25) is 11.2 Å². The highest BCUT2D eigenvalue weighted by molar-refractivity contribution is 6.28. The first-order chi connectivity index (χ1) is 7.58. The van der Waals surface area contributed by atoms with Crippen LogP contribution in [0.5, 0.6) is 0 Å². The SMILES string of the molecule is O=C(O)CCCC(=O)Nc1ccnc(Cl)n1. The molecule has 1 rings (SSSR count). The van der Waals surface area contributed by atoms with Crippen LogP contribution in [0.1, 0.15) is 19.3 Å². The summed E-state index contributed by atoms with van der Waals surface area (Å²) in [6.07, 6.45) is 1.81. The van der Waals surface area contributed by atoms with E-state index in [0.717, 1.165) is 0 Å². The first-order valence-corrected chi connectivity index (χ1v) is 4.96. The van der Waals surface area contributed by atoms with Gasteiger partial charge in [-0.1, -0.05) is 0 Å². The van der Waals surface area contributed by atoms with E-state index in [4.69, 9.17) is 16.7 Å². The number of hydrogen-bond donors (Lipinski definition) is 2. The van der Waals surface area contributed by atoms with Gasteiger partial charge in [0, 0.05) is 19.0 Å². The van der Waals surface area contributed by atoms with E-state index in [1.807, 2.05) is 0 Å². The van der Waals surface area contributed by atoms with Crippen LogP contribution in [0.3, 0.4) is 0 Å². The predicted octanol–water partition coefficient (Wildman–Crippen LogP) is 1.32. The van der Waals surface area contributed by atoms with Crippen LogP contribution in [0.15, 0.2) is 12.3 Å². The van der Waals surface area contributed by atoms with Crippen LogP contribution in [0.25, 0.3) is 0 Å². The van der Waals surface area contributed by atoms with Crippen molar-refractivity contribution in [3.8, 4) is 0 Å². The zero-order valence-electron chi connectivity index (χ0n) is 8.31. The maximum absolute atomic E-state index is 11.3. The molecule has 0 aromatic carbocycles. The van der Waals surface area contributed by atoms with Crippen LogP contribution in [0.2, 0.25) is 5.28 Å². The number of carbonyl (C=O) groups excluding carboxylic acids is 1. The summed E-state index contributed by atoms with van der Waals surface area (Å²) in [7, 11) is 0. The van der Waals surface area contributed by atoms with Crippen molar-refractivity contribution in [2.24, 2.45) is 0 Å². The van der Waals surface area contributed by atoms with E-state index in [2.05, 4.69) is 15.3 Å². The lowest BCUT2D eigenvalue weighted by Gasteiger charge is -2.02. The second kappa shape index (κ2) is 6.02. The Morgan fingerprint density at radius 1 is 1.44 bits per heavy atom. The third kappa shape index (κ3) is 4.70. The second-order valence-electron chi connectivity index (χ2n) is 3.01. The molecular formula is C9H10ClN3O3. The monoisotopic (exact) mass is 243 g/mol. The number of nitrogens with zero attached hydrogens (tertiary/aromatic N) is 2. The number of carbonyl (C=O) groups is 2.